The molecule has 0 amide bonds. The molecule has 1 aromatic carbocycles. The van der Waals surface area contributed by atoms with Gasteiger partial charge in [0.15, 0.2) is 0 Å². The summed E-state index contributed by atoms with van der Waals surface area (Å²) in [6.07, 6.45) is 1.87. The summed E-state index contributed by atoms with van der Waals surface area (Å²) in [6, 6.07) is 3.94. The van der Waals surface area contributed by atoms with Crippen LogP contribution in [0.1, 0.15) is 58.2 Å². The van der Waals surface area contributed by atoms with E-state index in [1.807, 2.05) is 12.1 Å². The summed E-state index contributed by atoms with van der Waals surface area (Å²) in [5, 5.41) is 10.2. The van der Waals surface area contributed by atoms with Crippen LogP contribution in [0.3, 0.4) is 0 Å². The van der Waals surface area contributed by atoms with Gasteiger partial charge in [-0.3, -0.25) is 0 Å². The lowest BCUT2D eigenvalue weighted by molar-refractivity contribution is 0.443. The largest absolute Gasteiger partial charge is 0.508 e. The van der Waals surface area contributed by atoms with E-state index >= 15 is 0 Å². The maximum absolute atomic E-state index is 10.2. The van der Waals surface area contributed by atoms with Gasteiger partial charge in [0, 0.05) is 0 Å². The zero-order chi connectivity index (χ0) is 13.4. The normalized spacial score (nSPS) is 12.6. The molecule has 0 saturated heterocycles. The van der Waals surface area contributed by atoms with Crippen molar-refractivity contribution in [2.45, 2.75) is 52.4 Å². The Morgan fingerprint density at radius 3 is 1.76 bits per heavy atom. The van der Waals surface area contributed by atoms with Crippen LogP contribution < -0.4 is 0 Å². The molecule has 1 aromatic rings. The van der Waals surface area contributed by atoms with E-state index in [2.05, 4.69) is 54.2 Å². The highest BCUT2D eigenvalue weighted by molar-refractivity contribution is 5.59. The Morgan fingerprint density at radius 2 is 1.41 bits per heavy atom. The molecule has 94 valence electrons. The first-order chi connectivity index (χ1) is 7.57. The van der Waals surface area contributed by atoms with E-state index in [0.717, 1.165) is 16.7 Å². The number of aromatic hydroxyl groups is 1. The Balaban J connectivity index is 3.51. The van der Waals surface area contributed by atoms with Gasteiger partial charge in [-0.05, 0) is 39.7 Å². The van der Waals surface area contributed by atoms with E-state index in [0.29, 0.717) is 5.75 Å². The SMILES string of the molecule is C=Cc1cc(C(C)(C)C)c(O)cc1C(C)(C)C. The van der Waals surface area contributed by atoms with Gasteiger partial charge in [-0.2, -0.15) is 0 Å². The van der Waals surface area contributed by atoms with E-state index in [4.69, 9.17) is 0 Å². The molecule has 0 fully saturated rings. The maximum atomic E-state index is 10.2. The van der Waals surface area contributed by atoms with Crippen LogP contribution in [0.25, 0.3) is 6.08 Å². The summed E-state index contributed by atoms with van der Waals surface area (Å²) >= 11 is 0. The summed E-state index contributed by atoms with van der Waals surface area (Å²) in [7, 11) is 0. The van der Waals surface area contributed by atoms with Crippen LogP contribution >= 0.6 is 0 Å². The van der Waals surface area contributed by atoms with E-state index < -0.39 is 0 Å². The molecule has 0 unspecified atom stereocenters. The van der Waals surface area contributed by atoms with E-state index in [1.54, 1.807) is 0 Å². The van der Waals surface area contributed by atoms with Gasteiger partial charge < -0.3 is 5.11 Å². The highest BCUT2D eigenvalue weighted by Gasteiger charge is 2.23. The molecule has 0 aliphatic carbocycles. The molecular weight excluding hydrogens is 208 g/mol. The Hall–Kier alpha value is -1.24. The summed E-state index contributed by atoms with van der Waals surface area (Å²) in [5.74, 6) is 0.382. The van der Waals surface area contributed by atoms with Gasteiger partial charge in [-0.25, -0.2) is 0 Å². The van der Waals surface area contributed by atoms with Crippen LogP contribution in [0.2, 0.25) is 0 Å². The minimum atomic E-state index is -0.0573. The molecule has 0 heterocycles. The topological polar surface area (TPSA) is 20.2 Å². The van der Waals surface area contributed by atoms with E-state index in [9.17, 15) is 5.11 Å². The third-order valence-electron chi connectivity index (χ3n) is 3.00. The van der Waals surface area contributed by atoms with Gasteiger partial charge in [0.2, 0.25) is 0 Å². The Morgan fingerprint density at radius 1 is 0.941 bits per heavy atom. The fourth-order valence-electron chi connectivity index (χ4n) is 2.02. The monoisotopic (exact) mass is 232 g/mol. The number of phenols is 1. The summed E-state index contributed by atoms with van der Waals surface area (Å²) in [6.45, 7) is 16.6. The zero-order valence-corrected chi connectivity index (χ0v) is 11.9. The quantitative estimate of drug-likeness (QED) is 0.748. The average Bonchev–Trinajstić information content (AvgIpc) is 2.14. The lowest BCUT2D eigenvalue weighted by Gasteiger charge is -2.27. The summed E-state index contributed by atoms with van der Waals surface area (Å²) in [4.78, 5) is 0. The molecule has 1 heteroatoms. The second-order valence-corrected chi connectivity index (χ2v) is 6.66. The maximum Gasteiger partial charge on any atom is 0.119 e. The van der Waals surface area contributed by atoms with Gasteiger partial charge in [-0.1, -0.05) is 54.2 Å². The van der Waals surface area contributed by atoms with Crippen molar-refractivity contribution in [1.29, 1.82) is 0 Å². The lowest BCUT2D eigenvalue weighted by atomic mass is 9.79. The second kappa shape index (κ2) is 4.21. The average molecular weight is 232 g/mol. The fraction of sp³-hybridized carbons (Fsp3) is 0.500. The molecule has 0 bridgehead atoms. The van der Waals surface area contributed by atoms with Crippen molar-refractivity contribution >= 4 is 6.08 Å². The van der Waals surface area contributed by atoms with Crippen molar-refractivity contribution in [3.05, 3.63) is 35.4 Å². The highest BCUT2D eigenvalue weighted by atomic mass is 16.3. The molecule has 17 heavy (non-hydrogen) atoms. The smallest absolute Gasteiger partial charge is 0.119 e. The van der Waals surface area contributed by atoms with Gasteiger partial charge in [-0.15, -0.1) is 0 Å². The third-order valence-corrected chi connectivity index (χ3v) is 3.00. The van der Waals surface area contributed by atoms with Crippen molar-refractivity contribution in [2.24, 2.45) is 0 Å². The Bertz CT molecular complexity index is 428. The summed E-state index contributed by atoms with van der Waals surface area (Å²) < 4.78 is 0. The van der Waals surface area contributed by atoms with Crippen LogP contribution in [-0.2, 0) is 10.8 Å². The summed E-state index contributed by atoms with van der Waals surface area (Å²) in [5.41, 5.74) is 3.17. The molecule has 1 N–H and O–H groups in total. The molecule has 1 rings (SSSR count). The molecule has 0 saturated carbocycles. The van der Waals surface area contributed by atoms with Crippen LogP contribution in [-0.4, -0.2) is 5.11 Å². The molecule has 0 spiro atoms. The minimum Gasteiger partial charge on any atom is -0.508 e. The molecule has 0 atom stereocenters. The van der Waals surface area contributed by atoms with Crippen molar-refractivity contribution in [3.8, 4) is 5.75 Å². The van der Waals surface area contributed by atoms with E-state index in [-0.39, 0.29) is 10.8 Å². The first kappa shape index (κ1) is 13.8. The van der Waals surface area contributed by atoms with Crippen molar-refractivity contribution in [3.63, 3.8) is 0 Å². The first-order valence-corrected chi connectivity index (χ1v) is 6.08. The van der Waals surface area contributed by atoms with Crippen LogP contribution in [0, 0.1) is 0 Å². The van der Waals surface area contributed by atoms with Gasteiger partial charge in [0.05, 0.1) is 0 Å². The Kier molecular flexibility index (Phi) is 3.42. The highest BCUT2D eigenvalue weighted by Crippen LogP contribution is 2.37. The van der Waals surface area contributed by atoms with Gasteiger partial charge >= 0.3 is 0 Å². The molecule has 0 aromatic heterocycles. The molecular formula is C16H24O. The van der Waals surface area contributed by atoms with Crippen molar-refractivity contribution in [1.82, 2.24) is 0 Å². The van der Waals surface area contributed by atoms with Crippen LogP contribution in [0.15, 0.2) is 18.7 Å². The zero-order valence-electron chi connectivity index (χ0n) is 11.9. The number of rotatable bonds is 1. The van der Waals surface area contributed by atoms with Gasteiger partial charge in [0.25, 0.3) is 0 Å². The van der Waals surface area contributed by atoms with Crippen LogP contribution in [0.5, 0.6) is 5.75 Å². The lowest BCUT2D eigenvalue weighted by Crippen LogP contribution is -2.16. The standard InChI is InChI=1S/C16H24O/c1-8-11-9-13(16(5,6)7)14(17)10-12(11)15(2,3)4/h8-10,17H,1H2,2-7H3. The second-order valence-electron chi connectivity index (χ2n) is 6.66. The fourth-order valence-corrected chi connectivity index (χ4v) is 2.02. The molecule has 0 aliphatic rings. The molecule has 0 radical (unpaired) electrons. The number of phenolic OH excluding ortho intramolecular Hbond substituents is 1. The minimum absolute atomic E-state index is 0.0113. The first-order valence-electron chi connectivity index (χ1n) is 6.08. The van der Waals surface area contributed by atoms with Crippen LogP contribution in [0.4, 0.5) is 0 Å². The number of benzene rings is 1. The third kappa shape index (κ3) is 2.91. The van der Waals surface area contributed by atoms with Crippen molar-refractivity contribution in [2.75, 3.05) is 0 Å². The number of hydrogen-bond donors (Lipinski definition) is 1. The number of hydrogen-bond acceptors (Lipinski definition) is 1. The van der Waals surface area contributed by atoms with E-state index in [1.165, 1.54) is 0 Å². The van der Waals surface area contributed by atoms with Gasteiger partial charge in [0.1, 0.15) is 5.75 Å². The predicted molar refractivity (Wildman–Crippen MR) is 75.6 cm³/mol. The molecule has 1 nitrogen and oxygen atoms in total. The molecule has 0 aliphatic heterocycles. The Labute approximate surface area is 105 Å². The van der Waals surface area contributed by atoms with Crippen molar-refractivity contribution < 1.29 is 5.11 Å². The predicted octanol–water partition coefficient (Wildman–Crippen LogP) is 4.63.